The molecule has 1 aromatic heterocycles. The Morgan fingerprint density at radius 2 is 2.00 bits per heavy atom. The van der Waals surface area contributed by atoms with Gasteiger partial charge in [-0.3, -0.25) is 4.90 Å². The number of carbonyl (C=O) groups excluding carboxylic acids is 1. The van der Waals surface area contributed by atoms with E-state index >= 15 is 0 Å². The zero-order valence-corrected chi connectivity index (χ0v) is 15.7. The molecule has 2 rings (SSSR count). The third-order valence-electron chi connectivity index (χ3n) is 4.00. The number of rotatable bonds is 6. The highest BCUT2D eigenvalue weighted by atomic mass is 79.9. The Balaban J connectivity index is 2.32. The Labute approximate surface area is 144 Å². The molecule has 1 aromatic carbocycles. The van der Waals surface area contributed by atoms with Crippen LogP contribution in [0.5, 0.6) is 5.75 Å². The Hall–Kier alpha value is -1.53. The number of nitrogens with zero attached hydrogens (tertiary/aromatic N) is 1. The van der Waals surface area contributed by atoms with Gasteiger partial charge < -0.3 is 13.9 Å². The van der Waals surface area contributed by atoms with Crippen LogP contribution in [0.4, 0.5) is 0 Å². The number of furan rings is 1. The lowest BCUT2D eigenvalue weighted by molar-refractivity contribution is -0.0221. The van der Waals surface area contributed by atoms with E-state index in [-0.39, 0.29) is 12.0 Å². The monoisotopic (exact) mass is 383 g/mol. The van der Waals surface area contributed by atoms with Crippen molar-refractivity contribution in [3.05, 3.63) is 27.9 Å². The van der Waals surface area contributed by atoms with E-state index in [2.05, 4.69) is 20.8 Å². The maximum Gasteiger partial charge on any atom is 0.376 e. The van der Waals surface area contributed by atoms with Crippen LogP contribution in [0.2, 0.25) is 0 Å². The SMILES string of the molecule is CCN(CC)C(C)OC(=O)c1oc2cc(OC)c(Br)cc2c1C. The normalized spacial score (nSPS) is 12.7. The van der Waals surface area contributed by atoms with Gasteiger partial charge in [-0.1, -0.05) is 13.8 Å². The van der Waals surface area contributed by atoms with Gasteiger partial charge in [-0.25, -0.2) is 4.79 Å². The highest BCUT2D eigenvalue weighted by Crippen LogP contribution is 2.34. The van der Waals surface area contributed by atoms with Gasteiger partial charge in [0.05, 0.1) is 11.6 Å². The van der Waals surface area contributed by atoms with Gasteiger partial charge in [0.25, 0.3) is 0 Å². The van der Waals surface area contributed by atoms with Gasteiger partial charge in [-0.15, -0.1) is 0 Å². The zero-order chi connectivity index (χ0) is 17.1. The van der Waals surface area contributed by atoms with Gasteiger partial charge in [-0.2, -0.15) is 0 Å². The second-order valence-corrected chi connectivity index (χ2v) is 6.12. The van der Waals surface area contributed by atoms with Crippen LogP contribution in [-0.4, -0.2) is 37.3 Å². The summed E-state index contributed by atoms with van der Waals surface area (Å²) >= 11 is 3.45. The maximum absolute atomic E-state index is 12.4. The van der Waals surface area contributed by atoms with E-state index in [1.807, 2.05) is 33.8 Å². The molecule has 1 atom stereocenters. The van der Waals surface area contributed by atoms with Crippen molar-refractivity contribution in [1.29, 1.82) is 0 Å². The quantitative estimate of drug-likeness (QED) is 0.547. The van der Waals surface area contributed by atoms with Crippen molar-refractivity contribution >= 4 is 32.9 Å². The fourth-order valence-electron chi connectivity index (χ4n) is 2.59. The number of esters is 1. The Morgan fingerprint density at radius 3 is 2.57 bits per heavy atom. The summed E-state index contributed by atoms with van der Waals surface area (Å²) in [6.45, 7) is 9.41. The van der Waals surface area contributed by atoms with E-state index in [0.29, 0.717) is 11.3 Å². The molecule has 0 bridgehead atoms. The van der Waals surface area contributed by atoms with E-state index in [0.717, 1.165) is 28.5 Å². The van der Waals surface area contributed by atoms with E-state index in [1.165, 1.54) is 0 Å². The molecule has 2 aromatic rings. The molecule has 126 valence electrons. The zero-order valence-electron chi connectivity index (χ0n) is 14.1. The second kappa shape index (κ2) is 7.36. The van der Waals surface area contributed by atoms with Crippen LogP contribution in [0.25, 0.3) is 11.0 Å². The molecule has 0 spiro atoms. The van der Waals surface area contributed by atoms with E-state index < -0.39 is 5.97 Å². The highest BCUT2D eigenvalue weighted by molar-refractivity contribution is 9.10. The van der Waals surface area contributed by atoms with Crippen LogP contribution < -0.4 is 4.74 Å². The summed E-state index contributed by atoms with van der Waals surface area (Å²) in [5, 5.41) is 0.861. The van der Waals surface area contributed by atoms with Gasteiger partial charge >= 0.3 is 5.97 Å². The van der Waals surface area contributed by atoms with E-state index in [9.17, 15) is 4.79 Å². The molecule has 0 saturated carbocycles. The predicted octanol–water partition coefficient (Wildman–Crippen LogP) is 4.36. The maximum atomic E-state index is 12.4. The lowest BCUT2D eigenvalue weighted by Gasteiger charge is -2.25. The molecule has 6 heteroatoms. The van der Waals surface area contributed by atoms with Crippen LogP contribution >= 0.6 is 15.9 Å². The Morgan fingerprint density at radius 1 is 1.35 bits per heavy atom. The lowest BCUT2D eigenvalue weighted by atomic mass is 10.1. The van der Waals surface area contributed by atoms with Crippen molar-refractivity contribution in [3.8, 4) is 5.75 Å². The molecule has 0 aliphatic heterocycles. The lowest BCUT2D eigenvalue weighted by Crippen LogP contribution is -2.36. The van der Waals surface area contributed by atoms with Gasteiger partial charge in [0, 0.05) is 17.0 Å². The Bertz CT molecular complexity index is 706. The largest absolute Gasteiger partial charge is 0.495 e. The number of fused-ring (bicyclic) bond motifs is 1. The second-order valence-electron chi connectivity index (χ2n) is 5.26. The van der Waals surface area contributed by atoms with Crippen molar-refractivity contribution < 1.29 is 18.7 Å². The fourth-order valence-corrected chi connectivity index (χ4v) is 3.10. The van der Waals surface area contributed by atoms with Crippen LogP contribution in [0, 0.1) is 6.92 Å². The van der Waals surface area contributed by atoms with Crippen molar-refractivity contribution in [1.82, 2.24) is 4.90 Å². The summed E-state index contributed by atoms with van der Waals surface area (Å²) in [6, 6.07) is 3.65. The van der Waals surface area contributed by atoms with Crippen molar-refractivity contribution in [2.24, 2.45) is 0 Å². The number of halogens is 1. The van der Waals surface area contributed by atoms with Crippen molar-refractivity contribution in [2.75, 3.05) is 20.2 Å². The number of aryl methyl sites for hydroxylation is 1. The molecule has 5 nitrogen and oxygen atoms in total. The molecular formula is C17H22BrNO4. The molecule has 1 unspecified atom stereocenters. The number of hydrogen-bond donors (Lipinski definition) is 0. The number of benzene rings is 1. The average Bonchev–Trinajstić information content (AvgIpc) is 2.84. The average molecular weight is 384 g/mol. The number of ether oxygens (including phenoxy) is 2. The van der Waals surface area contributed by atoms with Gasteiger partial charge in [0.2, 0.25) is 5.76 Å². The molecule has 0 N–H and O–H groups in total. The highest BCUT2D eigenvalue weighted by Gasteiger charge is 2.23. The fraction of sp³-hybridized carbons (Fsp3) is 0.471. The summed E-state index contributed by atoms with van der Waals surface area (Å²) in [4.78, 5) is 14.5. The summed E-state index contributed by atoms with van der Waals surface area (Å²) in [6.07, 6.45) is -0.300. The van der Waals surface area contributed by atoms with Gasteiger partial charge in [-0.05, 0) is 48.9 Å². The first kappa shape index (κ1) is 17.8. The molecule has 0 amide bonds. The van der Waals surface area contributed by atoms with Crippen molar-refractivity contribution in [2.45, 2.75) is 33.9 Å². The van der Waals surface area contributed by atoms with Crippen molar-refractivity contribution in [3.63, 3.8) is 0 Å². The molecule has 0 saturated heterocycles. The topological polar surface area (TPSA) is 51.9 Å². The first-order valence-corrected chi connectivity index (χ1v) is 8.43. The summed E-state index contributed by atoms with van der Waals surface area (Å²) < 4.78 is 17.3. The summed E-state index contributed by atoms with van der Waals surface area (Å²) in [7, 11) is 1.59. The smallest absolute Gasteiger partial charge is 0.376 e. The van der Waals surface area contributed by atoms with Crippen LogP contribution in [0.3, 0.4) is 0 Å². The van der Waals surface area contributed by atoms with Gasteiger partial charge in [0.1, 0.15) is 11.3 Å². The van der Waals surface area contributed by atoms with E-state index in [4.69, 9.17) is 13.9 Å². The standard InChI is InChI=1S/C17H22BrNO4/c1-6-19(7-2)11(4)22-17(20)16-10(3)12-8-13(18)15(21-5)9-14(12)23-16/h8-9,11H,6-7H2,1-5H3. The minimum absolute atomic E-state index is 0.235. The molecular weight excluding hydrogens is 362 g/mol. The van der Waals surface area contributed by atoms with Gasteiger partial charge in [0.15, 0.2) is 6.23 Å². The van der Waals surface area contributed by atoms with Crippen LogP contribution in [0.1, 0.15) is 36.9 Å². The molecule has 23 heavy (non-hydrogen) atoms. The molecule has 1 heterocycles. The molecule has 0 aliphatic carbocycles. The van der Waals surface area contributed by atoms with E-state index in [1.54, 1.807) is 13.2 Å². The first-order chi connectivity index (χ1) is 10.9. The van der Waals surface area contributed by atoms with Crippen LogP contribution in [-0.2, 0) is 4.74 Å². The third-order valence-corrected chi connectivity index (χ3v) is 4.62. The minimum atomic E-state index is -0.451. The number of hydrogen-bond acceptors (Lipinski definition) is 5. The first-order valence-electron chi connectivity index (χ1n) is 7.64. The third kappa shape index (κ3) is 3.53. The minimum Gasteiger partial charge on any atom is -0.495 e. The molecule has 0 aliphatic rings. The molecule has 0 radical (unpaired) electrons. The Kier molecular flexibility index (Phi) is 5.70. The number of carbonyl (C=O) groups is 1. The van der Waals surface area contributed by atoms with Crippen LogP contribution in [0.15, 0.2) is 21.0 Å². The molecule has 0 fully saturated rings. The predicted molar refractivity (Wildman–Crippen MR) is 93.0 cm³/mol. The summed E-state index contributed by atoms with van der Waals surface area (Å²) in [5.74, 6) is 0.440. The summed E-state index contributed by atoms with van der Waals surface area (Å²) in [5.41, 5.74) is 1.37. The number of methoxy groups -OCH3 is 1.